The molecule has 0 unspecified atom stereocenters. The maximum Gasteiger partial charge on any atom is 0.416 e. The molecule has 1 atom stereocenters. The van der Waals surface area contributed by atoms with Crippen LogP contribution >= 0.6 is 0 Å². The monoisotopic (exact) mass is 448 g/mol. The molecule has 2 N–H and O–H groups in total. The van der Waals surface area contributed by atoms with E-state index in [0.717, 1.165) is 44.4 Å². The van der Waals surface area contributed by atoms with Crippen LogP contribution in [0.15, 0.2) is 30.5 Å². The Morgan fingerprint density at radius 2 is 1.84 bits per heavy atom. The fourth-order valence-electron chi connectivity index (χ4n) is 3.76. The number of alkyl halides is 3. The maximum atomic E-state index is 13.0. The molecule has 1 aromatic carbocycles. The molecule has 0 aliphatic heterocycles. The summed E-state index contributed by atoms with van der Waals surface area (Å²) in [6.07, 6.45) is 1.07. The lowest BCUT2D eigenvalue weighted by atomic mass is 10.0. The summed E-state index contributed by atoms with van der Waals surface area (Å²) in [4.78, 5) is 23.5. The Labute approximate surface area is 184 Å². The lowest BCUT2D eigenvalue weighted by molar-refractivity contribution is -0.137. The zero-order valence-corrected chi connectivity index (χ0v) is 18.1. The molecule has 1 amide bonds. The average Bonchev–Trinajstić information content (AvgIpc) is 3.65. The first-order chi connectivity index (χ1) is 15.0. The highest BCUT2D eigenvalue weighted by Crippen LogP contribution is 2.39. The molecule has 172 valence electrons. The van der Waals surface area contributed by atoms with Gasteiger partial charge in [-0.05, 0) is 56.6 Å². The number of aliphatic hydroxyl groups is 1. The second kappa shape index (κ2) is 8.35. The van der Waals surface area contributed by atoms with Gasteiger partial charge in [0.1, 0.15) is 11.4 Å². The zero-order valence-electron chi connectivity index (χ0n) is 18.1. The summed E-state index contributed by atoms with van der Waals surface area (Å²) >= 11 is 0. The van der Waals surface area contributed by atoms with Gasteiger partial charge in [0.2, 0.25) is 0 Å². The van der Waals surface area contributed by atoms with Crippen LogP contribution in [0, 0.1) is 11.8 Å². The molecule has 2 aliphatic carbocycles. The fraction of sp³-hybridized carbons (Fsp3) is 0.522. The van der Waals surface area contributed by atoms with E-state index in [9.17, 15) is 23.1 Å². The van der Waals surface area contributed by atoms with Gasteiger partial charge in [0.15, 0.2) is 5.82 Å². The first-order valence-electron chi connectivity index (χ1n) is 10.8. The van der Waals surface area contributed by atoms with E-state index in [1.54, 1.807) is 6.92 Å². The van der Waals surface area contributed by atoms with Crippen molar-refractivity contribution in [2.24, 2.45) is 11.8 Å². The number of hydrogen-bond acceptors (Lipinski definition) is 5. The maximum absolute atomic E-state index is 13.0. The Bertz CT molecular complexity index is 984. The largest absolute Gasteiger partial charge is 0.416 e. The van der Waals surface area contributed by atoms with Crippen LogP contribution in [0.1, 0.15) is 48.7 Å². The first kappa shape index (κ1) is 22.5. The number of halogens is 3. The molecule has 6 nitrogen and oxygen atoms in total. The summed E-state index contributed by atoms with van der Waals surface area (Å²) in [5.74, 6) is 0.770. The van der Waals surface area contributed by atoms with Crippen LogP contribution in [0.4, 0.5) is 19.0 Å². The Morgan fingerprint density at radius 1 is 1.19 bits per heavy atom. The molecule has 2 aromatic rings. The smallest absolute Gasteiger partial charge is 0.388 e. The predicted octanol–water partition coefficient (Wildman–Crippen LogP) is 3.90. The normalized spacial score (nSPS) is 18.2. The SMILES string of the molecule is CN(CC1CC1)c1ncc(C(=O)NC[C@](C)(O)C2CC2)nc1-c1ccc(C(F)(F)F)cc1. The van der Waals surface area contributed by atoms with E-state index in [1.165, 1.54) is 18.3 Å². The third-order valence-electron chi connectivity index (χ3n) is 6.13. The summed E-state index contributed by atoms with van der Waals surface area (Å²) in [6, 6.07) is 4.70. The van der Waals surface area contributed by atoms with Crippen LogP contribution in [0.2, 0.25) is 0 Å². The van der Waals surface area contributed by atoms with Gasteiger partial charge in [0, 0.05) is 25.7 Å². The minimum Gasteiger partial charge on any atom is -0.388 e. The number of hydrogen-bond donors (Lipinski definition) is 2. The highest BCUT2D eigenvalue weighted by Gasteiger charge is 2.40. The topological polar surface area (TPSA) is 78.4 Å². The zero-order chi connectivity index (χ0) is 23.1. The molecule has 1 aromatic heterocycles. The van der Waals surface area contributed by atoms with Crippen molar-refractivity contribution in [2.45, 2.75) is 44.4 Å². The molecule has 2 fully saturated rings. The first-order valence-corrected chi connectivity index (χ1v) is 10.8. The number of carbonyl (C=O) groups is 1. The second-order valence-electron chi connectivity index (χ2n) is 9.14. The van der Waals surface area contributed by atoms with Crippen LogP contribution in [0.25, 0.3) is 11.3 Å². The van der Waals surface area contributed by atoms with E-state index in [2.05, 4.69) is 15.3 Å². The molecule has 0 bridgehead atoms. The number of anilines is 1. The number of carbonyl (C=O) groups excluding carboxylic acids is 1. The van der Waals surface area contributed by atoms with E-state index < -0.39 is 23.2 Å². The summed E-state index contributed by atoms with van der Waals surface area (Å²) in [7, 11) is 1.86. The average molecular weight is 448 g/mol. The molecule has 9 heteroatoms. The van der Waals surface area contributed by atoms with E-state index in [-0.39, 0.29) is 18.2 Å². The van der Waals surface area contributed by atoms with Crippen LogP contribution in [0.5, 0.6) is 0 Å². The number of nitrogens with zero attached hydrogens (tertiary/aromatic N) is 3. The van der Waals surface area contributed by atoms with Gasteiger partial charge >= 0.3 is 6.18 Å². The lowest BCUT2D eigenvalue weighted by Gasteiger charge is -2.23. The van der Waals surface area contributed by atoms with E-state index in [4.69, 9.17) is 0 Å². The molecule has 4 rings (SSSR count). The molecule has 0 spiro atoms. The number of benzene rings is 1. The molecular weight excluding hydrogens is 421 g/mol. The van der Waals surface area contributed by atoms with Gasteiger partial charge in [0.05, 0.1) is 17.4 Å². The van der Waals surface area contributed by atoms with Crippen LogP contribution in [-0.4, -0.2) is 46.7 Å². The molecule has 1 heterocycles. The Morgan fingerprint density at radius 3 is 2.41 bits per heavy atom. The summed E-state index contributed by atoms with van der Waals surface area (Å²) in [5.41, 5.74) is -0.886. The van der Waals surface area contributed by atoms with Gasteiger partial charge in [-0.2, -0.15) is 13.2 Å². The standard InChI is InChI=1S/C23H27F3N4O2/c1-22(32,16-9-10-16)13-28-21(31)18-11-27-20(30(2)12-14-3-4-14)19(29-18)15-5-7-17(8-6-15)23(24,25)26/h5-8,11,14,16,32H,3-4,9-10,12-13H2,1-2H3,(H,28,31)/t22-/m0/s1. The highest BCUT2D eigenvalue weighted by molar-refractivity contribution is 5.93. The van der Waals surface area contributed by atoms with Crippen LogP contribution in [0.3, 0.4) is 0 Å². The van der Waals surface area contributed by atoms with Crippen LogP contribution in [-0.2, 0) is 6.18 Å². The molecule has 0 saturated heterocycles. The minimum absolute atomic E-state index is 0.0510. The molecular formula is C23H27F3N4O2. The van der Waals surface area contributed by atoms with Crippen molar-refractivity contribution in [3.05, 3.63) is 41.7 Å². The van der Waals surface area contributed by atoms with E-state index in [0.29, 0.717) is 23.0 Å². The van der Waals surface area contributed by atoms with Crippen molar-refractivity contribution < 1.29 is 23.1 Å². The van der Waals surface area contributed by atoms with E-state index in [1.807, 2.05) is 11.9 Å². The highest BCUT2D eigenvalue weighted by atomic mass is 19.4. The molecule has 32 heavy (non-hydrogen) atoms. The molecule has 2 saturated carbocycles. The van der Waals surface area contributed by atoms with Gasteiger partial charge < -0.3 is 15.3 Å². The summed E-state index contributed by atoms with van der Waals surface area (Å²) in [6.45, 7) is 2.55. The Hall–Kier alpha value is -2.68. The van der Waals surface area contributed by atoms with Crippen molar-refractivity contribution in [1.29, 1.82) is 0 Å². The van der Waals surface area contributed by atoms with E-state index >= 15 is 0 Å². The molecule has 0 radical (unpaired) electrons. The van der Waals surface area contributed by atoms with Crippen molar-refractivity contribution in [1.82, 2.24) is 15.3 Å². The predicted molar refractivity (Wildman–Crippen MR) is 114 cm³/mol. The fourth-order valence-corrected chi connectivity index (χ4v) is 3.76. The number of rotatable bonds is 8. The number of nitrogens with one attached hydrogen (secondary N) is 1. The Balaban J connectivity index is 1.61. The van der Waals surface area contributed by atoms with Crippen molar-refractivity contribution >= 4 is 11.7 Å². The summed E-state index contributed by atoms with van der Waals surface area (Å²) < 4.78 is 38.9. The van der Waals surface area contributed by atoms with Crippen molar-refractivity contribution in [3.8, 4) is 11.3 Å². The van der Waals surface area contributed by atoms with Gasteiger partial charge in [-0.1, -0.05) is 12.1 Å². The van der Waals surface area contributed by atoms with Gasteiger partial charge in [-0.25, -0.2) is 9.97 Å². The van der Waals surface area contributed by atoms with Gasteiger partial charge in [0.25, 0.3) is 5.91 Å². The minimum atomic E-state index is -4.43. The quantitative estimate of drug-likeness (QED) is 0.641. The van der Waals surface area contributed by atoms with Gasteiger partial charge in [-0.3, -0.25) is 4.79 Å². The molecule has 2 aliphatic rings. The Kier molecular flexibility index (Phi) is 5.87. The summed E-state index contributed by atoms with van der Waals surface area (Å²) in [5, 5.41) is 13.1. The van der Waals surface area contributed by atoms with Crippen molar-refractivity contribution in [2.75, 3.05) is 25.0 Å². The van der Waals surface area contributed by atoms with Gasteiger partial charge in [-0.15, -0.1) is 0 Å². The number of aromatic nitrogens is 2. The van der Waals surface area contributed by atoms with Crippen molar-refractivity contribution in [3.63, 3.8) is 0 Å². The second-order valence-corrected chi connectivity index (χ2v) is 9.14. The van der Waals surface area contributed by atoms with Crippen LogP contribution < -0.4 is 10.2 Å². The third-order valence-corrected chi connectivity index (χ3v) is 6.13. The number of amides is 1. The third kappa shape index (κ3) is 5.20. The lowest BCUT2D eigenvalue weighted by Crippen LogP contribution is -2.42.